The van der Waals surface area contributed by atoms with Gasteiger partial charge in [0.15, 0.2) is 0 Å². The number of amides is 1. The molecule has 0 aliphatic carbocycles. The predicted octanol–water partition coefficient (Wildman–Crippen LogP) is 2.16. The van der Waals surface area contributed by atoms with Crippen LogP contribution in [0.25, 0.3) is 0 Å². The summed E-state index contributed by atoms with van der Waals surface area (Å²) in [5, 5.41) is 9.58. The first-order valence-electron chi connectivity index (χ1n) is 7.00. The number of aromatic nitrogens is 1. The Morgan fingerprint density at radius 1 is 1.58 bits per heavy atom. The Labute approximate surface area is 114 Å². The normalized spacial score (nSPS) is 21.2. The van der Waals surface area contributed by atoms with E-state index in [0.717, 1.165) is 31.5 Å². The smallest absolute Gasteiger partial charge is 0.255 e. The van der Waals surface area contributed by atoms with Crippen LogP contribution in [0.3, 0.4) is 0 Å². The van der Waals surface area contributed by atoms with Crippen molar-refractivity contribution in [3.8, 4) is 0 Å². The molecule has 1 amide bonds. The number of carbonyl (C=O) groups is 1. The third kappa shape index (κ3) is 3.32. The molecule has 1 N–H and O–H groups in total. The van der Waals surface area contributed by atoms with Gasteiger partial charge in [-0.1, -0.05) is 0 Å². The van der Waals surface area contributed by atoms with Crippen LogP contribution in [-0.2, 0) is 0 Å². The van der Waals surface area contributed by atoms with Crippen molar-refractivity contribution >= 4 is 5.91 Å². The molecular weight excluding hydrogens is 240 g/mol. The minimum absolute atomic E-state index is 0.0518. The fourth-order valence-electron chi connectivity index (χ4n) is 2.77. The summed E-state index contributed by atoms with van der Waals surface area (Å²) in [4.78, 5) is 18.7. The third-order valence-corrected chi connectivity index (χ3v) is 3.74. The molecule has 4 nitrogen and oxygen atoms in total. The summed E-state index contributed by atoms with van der Waals surface area (Å²) in [6.07, 6.45) is 5.15. The van der Waals surface area contributed by atoms with Gasteiger partial charge in [0, 0.05) is 24.5 Å². The largest absolute Gasteiger partial charge is 0.393 e. The van der Waals surface area contributed by atoms with Crippen molar-refractivity contribution in [2.24, 2.45) is 0 Å². The van der Waals surface area contributed by atoms with E-state index in [2.05, 4.69) is 4.98 Å². The molecule has 2 heterocycles. The predicted molar refractivity (Wildman–Crippen MR) is 73.9 cm³/mol. The zero-order valence-corrected chi connectivity index (χ0v) is 11.7. The number of pyridine rings is 1. The van der Waals surface area contributed by atoms with Crippen LogP contribution >= 0.6 is 0 Å². The number of aliphatic hydroxyl groups is 1. The van der Waals surface area contributed by atoms with Crippen molar-refractivity contribution in [3.63, 3.8) is 0 Å². The molecule has 0 radical (unpaired) electrons. The fraction of sp³-hybridized carbons (Fsp3) is 0.600. The lowest BCUT2D eigenvalue weighted by Gasteiger charge is -2.36. The second-order valence-electron chi connectivity index (χ2n) is 5.37. The molecule has 0 aromatic carbocycles. The molecule has 1 aliphatic rings. The molecule has 0 bridgehead atoms. The Morgan fingerprint density at radius 2 is 2.37 bits per heavy atom. The highest BCUT2D eigenvalue weighted by molar-refractivity contribution is 5.95. The van der Waals surface area contributed by atoms with Crippen molar-refractivity contribution in [2.45, 2.75) is 51.7 Å². The van der Waals surface area contributed by atoms with Gasteiger partial charge in [0.05, 0.1) is 11.7 Å². The molecule has 1 aromatic rings. The van der Waals surface area contributed by atoms with E-state index in [1.54, 1.807) is 19.2 Å². The van der Waals surface area contributed by atoms with E-state index < -0.39 is 0 Å². The number of hydrogen-bond donors (Lipinski definition) is 1. The van der Waals surface area contributed by atoms with Gasteiger partial charge in [-0.3, -0.25) is 9.78 Å². The van der Waals surface area contributed by atoms with Crippen LogP contribution in [0.15, 0.2) is 18.3 Å². The molecule has 1 aromatic heterocycles. The summed E-state index contributed by atoms with van der Waals surface area (Å²) in [5.74, 6) is 0.0518. The molecule has 4 heteroatoms. The minimum atomic E-state index is -0.367. The second kappa shape index (κ2) is 6.15. The van der Waals surface area contributed by atoms with E-state index in [4.69, 9.17) is 0 Å². The van der Waals surface area contributed by atoms with E-state index in [0.29, 0.717) is 12.0 Å². The van der Waals surface area contributed by atoms with Crippen LogP contribution in [0, 0.1) is 6.92 Å². The van der Waals surface area contributed by atoms with Gasteiger partial charge in [-0.2, -0.15) is 0 Å². The Morgan fingerprint density at radius 3 is 3.05 bits per heavy atom. The van der Waals surface area contributed by atoms with Crippen molar-refractivity contribution in [1.29, 1.82) is 0 Å². The lowest BCUT2D eigenvalue weighted by molar-refractivity contribution is 0.0514. The van der Waals surface area contributed by atoms with E-state index in [1.807, 2.05) is 17.9 Å². The molecule has 2 unspecified atom stereocenters. The van der Waals surface area contributed by atoms with Crippen molar-refractivity contribution in [2.75, 3.05) is 6.54 Å². The number of piperidine rings is 1. The summed E-state index contributed by atoms with van der Waals surface area (Å²) in [6.45, 7) is 4.43. The monoisotopic (exact) mass is 262 g/mol. The van der Waals surface area contributed by atoms with Crippen LogP contribution < -0.4 is 0 Å². The molecule has 19 heavy (non-hydrogen) atoms. The standard InChI is InChI=1S/C15H22N2O2/c1-11(18)10-13-6-3-4-9-17(13)15(19)14-7-5-8-16-12(14)2/h5,7-8,11,13,18H,3-4,6,9-10H2,1-2H3. The fourth-order valence-corrected chi connectivity index (χ4v) is 2.77. The van der Waals surface area contributed by atoms with Crippen LogP contribution in [-0.4, -0.2) is 39.6 Å². The summed E-state index contributed by atoms with van der Waals surface area (Å²) in [7, 11) is 0. The molecule has 1 saturated heterocycles. The second-order valence-corrected chi connectivity index (χ2v) is 5.37. The van der Waals surface area contributed by atoms with Crippen LogP contribution in [0.4, 0.5) is 0 Å². The highest BCUT2D eigenvalue weighted by Gasteiger charge is 2.29. The van der Waals surface area contributed by atoms with Crippen LogP contribution in [0.2, 0.25) is 0 Å². The van der Waals surface area contributed by atoms with Gasteiger partial charge >= 0.3 is 0 Å². The Kier molecular flexibility index (Phi) is 4.53. The minimum Gasteiger partial charge on any atom is -0.393 e. The van der Waals surface area contributed by atoms with Crippen LogP contribution in [0.1, 0.15) is 48.7 Å². The Hall–Kier alpha value is -1.42. The molecule has 0 saturated carbocycles. The van der Waals surface area contributed by atoms with Gasteiger partial charge in [0.2, 0.25) is 0 Å². The topological polar surface area (TPSA) is 53.4 Å². The van der Waals surface area contributed by atoms with E-state index >= 15 is 0 Å². The lowest BCUT2D eigenvalue weighted by Crippen LogP contribution is -2.45. The van der Waals surface area contributed by atoms with Gasteiger partial charge in [-0.15, -0.1) is 0 Å². The first-order valence-corrected chi connectivity index (χ1v) is 7.00. The van der Waals surface area contributed by atoms with Crippen molar-refractivity contribution in [3.05, 3.63) is 29.6 Å². The van der Waals surface area contributed by atoms with Gasteiger partial charge in [0.25, 0.3) is 5.91 Å². The van der Waals surface area contributed by atoms with Crippen molar-refractivity contribution in [1.82, 2.24) is 9.88 Å². The molecule has 1 aliphatic heterocycles. The number of nitrogens with zero attached hydrogens (tertiary/aromatic N) is 2. The maximum absolute atomic E-state index is 12.6. The van der Waals surface area contributed by atoms with Gasteiger partial charge < -0.3 is 10.0 Å². The van der Waals surface area contributed by atoms with Gasteiger partial charge in [-0.25, -0.2) is 0 Å². The average Bonchev–Trinajstić information content (AvgIpc) is 2.38. The highest BCUT2D eigenvalue weighted by atomic mass is 16.3. The zero-order chi connectivity index (χ0) is 13.8. The highest BCUT2D eigenvalue weighted by Crippen LogP contribution is 2.23. The SMILES string of the molecule is Cc1ncccc1C(=O)N1CCCCC1CC(C)O. The number of hydrogen-bond acceptors (Lipinski definition) is 3. The quantitative estimate of drug-likeness (QED) is 0.908. The number of aryl methyl sites for hydroxylation is 1. The number of aliphatic hydroxyl groups excluding tert-OH is 1. The number of carbonyl (C=O) groups excluding carboxylic acids is 1. The first-order chi connectivity index (χ1) is 9.09. The summed E-state index contributed by atoms with van der Waals surface area (Å²) in [5.41, 5.74) is 1.45. The Balaban J connectivity index is 2.18. The third-order valence-electron chi connectivity index (χ3n) is 3.74. The Bertz CT molecular complexity index is 446. The van der Waals surface area contributed by atoms with E-state index in [9.17, 15) is 9.90 Å². The van der Waals surface area contributed by atoms with E-state index in [-0.39, 0.29) is 18.1 Å². The molecular formula is C15H22N2O2. The molecule has 2 atom stereocenters. The number of rotatable bonds is 3. The van der Waals surface area contributed by atoms with Crippen LogP contribution in [0.5, 0.6) is 0 Å². The van der Waals surface area contributed by atoms with E-state index in [1.165, 1.54) is 0 Å². The molecule has 1 fully saturated rings. The zero-order valence-electron chi connectivity index (χ0n) is 11.7. The van der Waals surface area contributed by atoms with Crippen molar-refractivity contribution < 1.29 is 9.90 Å². The van der Waals surface area contributed by atoms with Gasteiger partial charge in [0.1, 0.15) is 0 Å². The lowest BCUT2D eigenvalue weighted by atomic mass is 9.96. The average molecular weight is 262 g/mol. The van der Waals surface area contributed by atoms with Gasteiger partial charge in [-0.05, 0) is 51.7 Å². The molecule has 104 valence electrons. The maximum atomic E-state index is 12.6. The molecule has 0 spiro atoms. The summed E-state index contributed by atoms with van der Waals surface area (Å²) in [6, 6.07) is 3.79. The first kappa shape index (κ1) is 14.0. The summed E-state index contributed by atoms with van der Waals surface area (Å²) < 4.78 is 0. The number of likely N-dealkylation sites (tertiary alicyclic amines) is 1. The summed E-state index contributed by atoms with van der Waals surface area (Å²) >= 11 is 0. The maximum Gasteiger partial charge on any atom is 0.255 e. The molecule has 2 rings (SSSR count).